The predicted octanol–water partition coefficient (Wildman–Crippen LogP) is -1.19. The van der Waals surface area contributed by atoms with E-state index in [1.54, 1.807) is 12.1 Å². The Bertz CT molecular complexity index is 203. The van der Waals surface area contributed by atoms with Gasteiger partial charge in [0.25, 0.3) is 0 Å². The molecule has 0 bridgehead atoms. The predicted molar refractivity (Wildman–Crippen MR) is 40.4 cm³/mol. The SMILES string of the molecule is CCc1c[c-]ccc1F.[Br-].[Mg+2]. The molecule has 0 amide bonds. The number of rotatable bonds is 1. The Morgan fingerprint density at radius 1 is 1.55 bits per heavy atom. The van der Waals surface area contributed by atoms with Crippen LogP contribution in [0.3, 0.4) is 0 Å². The first-order valence-corrected chi connectivity index (χ1v) is 2.99. The summed E-state index contributed by atoms with van der Waals surface area (Å²) in [7, 11) is 0. The molecule has 0 fully saturated rings. The normalized spacial score (nSPS) is 7.82. The van der Waals surface area contributed by atoms with Gasteiger partial charge >= 0.3 is 23.1 Å². The van der Waals surface area contributed by atoms with Crippen LogP contribution in [-0.2, 0) is 6.42 Å². The van der Waals surface area contributed by atoms with Gasteiger partial charge in [0.1, 0.15) is 0 Å². The molecule has 0 saturated heterocycles. The minimum atomic E-state index is -0.128. The second kappa shape index (κ2) is 7.07. The molecule has 0 saturated carbocycles. The van der Waals surface area contributed by atoms with Crippen LogP contribution in [0.4, 0.5) is 4.39 Å². The molecule has 1 rings (SSSR count). The van der Waals surface area contributed by atoms with Crippen molar-refractivity contribution in [2.75, 3.05) is 0 Å². The monoisotopic (exact) mass is 226 g/mol. The van der Waals surface area contributed by atoms with E-state index in [1.807, 2.05) is 6.92 Å². The second-order valence-electron chi connectivity index (χ2n) is 1.87. The summed E-state index contributed by atoms with van der Waals surface area (Å²) in [5, 5.41) is 0. The molecule has 0 heterocycles. The van der Waals surface area contributed by atoms with E-state index < -0.39 is 0 Å². The standard InChI is InChI=1S/C8H8F.BrH.Mg/c1-2-7-5-3-4-6-8(7)9;;/h4-6H,2H2,1H3;1H;/q-1;;+2/p-1. The van der Waals surface area contributed by atoms with Crippen LogP contribution in [0.1, 0.15) is 12.5 Å². The molecule has 0 radical (unpaired) electrons. The number of hydrogen-bond acceptors (Lipinski definition) is 0. The van der Waals surface area contributed by atoms with Crippen LogP contribution >= 0.6 is 0 Å². The summed E-state index contributed by atoms with van der Waals surface area (Å²) >= 11 is 0. The molecule has 0 aliphatic rings. The molecule has 1 aromatic rings. The van der Waals surface area contributed by atoms with Crippen molar-refractivity contribution >= 4 is 23.1 Å². The Balaban J connectivity index is 0. The molecule has 0 unspecified atom stereocenters. The van der Waals surface area contributed by atoms with Crippen LogP contribution in [0.15, 0.2) is 18.2 Å². The molecule has 0 aliphatic heterocycles. The Hall–Kier alpha value is 0.396. The first-order valence-electron chi connectivity index (χ1n) is 2.99. The van der Waals surface area contributed by atoms with E-state index >= 15 is 0 Å². The van der Waals surface area contributed by atoms with Gasteiger partial charge in [0.2, 0.25) is 0 Å². The molecule has 0 atom stereocenters. The van der Waals surface area contributed by atoms with Crippen molar-refractivity contribution in [3.8, 4) is 0 Å². The number of hydrogen-bond donors (Lipinski definition) is 0. The van der Waals surface area contributed by atoms with Gasteiger partial charge in [0, 0.05) is 5.82 Å². The maximum atomic E-state index is 12.6. The number of halogens is 2. The van der Waals surface area contributed by atoms with Crippen molar-refractivity contribution in [3.63, 3.8) is 0 Å². The van der Waals surface area contributed by atoms with Gasteiger partial charge in [0.15, 0.2) is 0 Å². The minimum Gasteiger partial charge on any atom is -1.00 e. The van der Waals surface area contributed by atoms with Gasteiger partial charge in [-0.1, -0.05) is 13.3 Å². The first-order chi connectivity index (χ1) is 4.34. The topological polar surface area (TPSA) is 0 Å². The average Bonchev–Trinajstić information content (AvgIpc) is 1.89. The summed E-state index contributed by atoms with van der Waals surface area (Å²) in [5.41, 5.74) is 0.734. The zero-order chi connectivity index (χ0) is 6.69. The molecule has 0 aliphatic carbocycles. The maximum absolute atomic E-state index is 12.6. The summed E-state index contributed by atoms with van der Waals surface area (Å²) in [6.45, 7) is 1.92. The third-order valence-electron chi connectivity index (χ3n) is 1.27. The molecular formula is C8H8BrFMg. The third kappa shape index (κ3) is 4.08. The van der Waals surface area contributed by atoms with Crippen molar-refractivity contribution in [1.82, 2.24) is 0 Å². The fraction of sp³-hybridized carbons (Fsp3) is 0.250. The van der Waals surface area contributed by atoms with Crippen molar-refractivity contribution in [3.05, 3.63) is 35.6 Å². The molecule has 3 heteroatoms. The van der Waals surface area contributed by atoms with Crippen LogP contribution in [0.5, 0.6) is 0 Å². The molecule has 0 N–H and O–H groups in total. The van der Waals surface area contributed by atoms with Gasteiger partial charge in [-0.3, -0.25) is 0 Å². The molecule has 11 heavy (non-hydrogen) atoms. The van der Waals surface area contributed by atoms with Gasteiger partial charge in [-0.05, 0) is 0 Å². The fourth-order valence-electron chi connectivity index (χ4n) is 0.717. The van der Waals surface area contributed by atoms with Crippen LogP contribution in [0.25, 0.3) is 0 Å². The molecular weight excluding hydrogens is 219 g/mol. The quantitative estimate of drug-likeness (QED) is 0.418. The summed E-state index contributed by atoms with van der Waals surface area (Å²) in [6, 6.07) is 7.50. The van der Waals surface area contributed by atoms with Crippen molar-refractivity contribution in [2.45, 2.75) is 13.3 Å². The van der Waals surface area contributed by atoms with Crippen molar-refractivity contribution in [1.29, 1.82) is 0 Å². The van der Waals surface area contributed by atoms with Gasteiger partial charge in [0.05, 0.1) is 0 Å². The van der Waals surface area contributed by atoms with E-state index in [0.29, 0.717) is 0 Å². The number of benzene rings is 1. The largest absolute Gasteiger partial charge is 2.00 e. The Labute approximate surface area is 93.1 Å². The van der Waals surface area contributed by atoms with Crippen LogP contribution in [-0.4, -0.2) is 23.1 Å². The maximum Gasteiger partial charge on any atom is 2.00 e. The van der Waals surface area contributed by atoms with Gasteiger partial charge in [-0.2, -0.15) is 18.2 Å². The Morgan fingerprint density at radius 2 is 2.18 bits per heavy atom. The first kappa shape index (κ1) is 14.0. The molecule has 1 aromatic carbocycles. The van der Waals surface area contributed by atoms with Crippen molar-refractivity contribution in [2.24, 2.45) is 0 Å². The van der Waals surface area contributed by atoms with E-state index in [9.17, 15) is 4.39 Å². The summed E-state index contributed by atoms with van der Waals surface area (Å²) < 4.78 is 12.6. The Kier molecular flexibility index (Phi) is 8.96. The zero-order valence-corrected chi connectivity index (χ0v) is 9.40. The number of aryl methyl sites for hydroxylation is 1. The van der Waals surface area contributed by atoms with E-state index in [2.05, 4.69) is 6.07 Å². The second-order valence-corrected chi connectivity index (χ2v) is 1.87. The van der Waals surface area contributed by atoms with Crippen LogP contribution in [0, 0.1) is 11.9 Å². The Morgan fingerprint density at radius 3 is 2.55 bits per heavy atom. The minimum absolute atomic E-state index is 0. The molecule has 0 aromatic heterocycles. The van der Waals surface area contributed by atoms with E-state index in [0.717, 1.165) is 12.0 Å². The summed E-state index contributed by atoms with van der Waals surface area (Å²) in [5.74, 6) is -0.128. The summed E-state index contributed by atoms with van der Waals surface area (Å²) in [4.78, 5) is 0. The van der Waals surface area contributed by atoms with E-state index in [4.69, 9.17) is 0 Å². The summed E-state index contributed by atoms with van der Waals surface area (Å²) in [6.07, 6.45) is 0.739. The fourth-order valence-corrected chi connectivity index (χ4v) is 0.717. The van der Waals surface area contributed by atoms with Crippen molar-refractivity contribution < 1.29 is 21.4 Å². The van der Waals surface area contributed by atoms with E-state index in [-0.39, 0.29) is 45.9 Å². The average molecular weight is 227 g/mol. The molecule has 0 spiro atoms. The molecule has 56 valence electrons. The van der Waals surface area contributed by atoms with E-state index in [1.165, 1.54) is 6.07 Å². The van der Waals surface area contributed by atoms with Gasteiger partial charge in [-0.15, -0.1) is 11.6 Å². The van der Waals surface area contributed by atoms with Gasteiger partial charge < -0.3 is 17.0 Å². The third-order valence-corrected chi connectivity index (χ3v) is 1.27. The smallest absolute Gasteiger partial charge is 1.00 e. The van der Waals surface area contributed by atoms with Gasteiger partial charge in [-0.25, -0.2) is 4.39 Å². The zero-order valence-electron chi connectivity index (χ0n) is 6.40. The molecule has 0 nitrogen and oxygen atoms in total. The van der Waals surface area contributed by atoms with Crippen LogP contribution < -0.4 is 17.0 Å². The van der Waals surface area contributed by atoms with Crippen LogP contribution in [0.2, 0.25) is 0 Å².